The molecule has 1 atom stereocenters. The van der Waals surface area contributed by atoms with Crippen LogP contribution in [0.1, 0.15) is 5.56 Å². The highest BCUT2D eigenvalue weighted by Crippen LogP contribution is 2.29. The number of benzene rings is 1. The minimum Gasteiger partial charge on any atom is -0.474 e. The molecule has 0 amide bonds. The van der Waals surface area contributed by atoms with E-state index in [4.69, 9.17) is 10.5 Å². The number of nitrogens with zero attached hydrogens (tertiary/aromatic N) is 2. The molecule has 1 saturated heterocycles. The molecular formula is C14H21N3O. The third-order valence-corrected chi connectivity index (χ3v) is 3.89. The van der Waals surface area contributed by atoms with Crippen molar-refractivity contribution >= 4 is 0 Å². The van der Waals surface area contributed by atoms with Crippen molar-refractivity contribution in [2.75, 3.05) is 39.3 Å². The van der Waals surface area contributed by atoms with E-state index >= 15 is 0 Å². The lowest BCUT2D eigenvalue weighted by atomic mass is 10.1. The number of para-hydroxylation sites is 1. The van der Waals surface area contributed by atoms with Crippen LogP contribution in [0.15, 0.2) is 24.3 Å². The molecule has 1 aromatic carbocycles. The average Bonchev–Trinajstić information content (AvgIpc) is 2.84. The molecule has 0 aromatic heterocycles. The van der Waals surface area contributed by atoms with Gasteiger partial charge in [0.05, 0.1) is 0 Å². The molecule has 98 valence electrons. The van der Waals surface area contributed by atoms with Crippen LogP contribution >= 0.6 is 0 Å². The normalized spacial score (nSPS) is 24.8. The monoisotopic (exact) mass is 247 g/mol. The molecule has 0 saturated carbocycles. The molecule has 1 aromatic rings. The zero-order valence-corrected chi connectivity index (χ0v) is 10.7. The van der Waals surface area contributed by atoms with Crippen LogP contribution in [0.25, 0.3) is 0 Å². The van der Waals surface area contributed by atoms with Gasteiger partial charge < -0.3 is 10.5 Å². The van der Waals surface area contributed by atoms with Crippen LogP contribution < -0.4 is 10.5 Å². The van der Waals surface area contributed by atoms with Crippen molar-refractivity contribution in [2.45, 2.75) is 12.6 Å². The van der Waals surface area contributed by atoms with Gasteiger partial charge in [0.2, 0.25) is 0 Å². The van der Waals surface area contributed by atoms with Gasteiger partial charge in [-0.2, -0.15) is 0 Å². The lowest BCUT2D eigenvalue weighted by molar-refractivity contribution is 0.00625. The summed E-state index contributed by atoms with van der Waals surface area (Å²) in [4.78, 5) is 4.88. The van der Waals surface area contributed by atoms with Crippen molar-refractivity contribution < 1.29 is 4.74 Å². The van der Waals surface area contributed by atoms with Crippen molar-refractivity contribution in [3.63, 3.8) is 0 Å². The largest absolute Gasteiger partial charge is 0.474 e. The number of rotatable bonds is 3. The second-order valence-electron chi connectivity index (χ2n) is 5.05. The van der Waals surface area contributed by atoms with Gasteiger partial charge in [-0.1, -0.05) is 18.2 Å². The molecule has 1 unspecified atom stereocenters. The molecule has 18 heavy (non-hydrogen) atoms. The summed E-state index contributed by atoms with van der Waals surface area (Å²) in [5.41, 5.74) is 6.93. The fourth-order valence-electron chi connectivity index (χ4n) is 2.82. The molecule has 4 heteroatoms. The molecular weight excluding hydrogens is 226 g/mol. The molecule has 0 bridgehead atoms. The summed E-state index contributed by atoms with van der Waals surface area (Å²) in [6.07, 6.45) is 1.26. The Balaban J connectivity index is 1.56. The van der Waals surface area contributed by atoms with E-state index < -0.39 is 0 Å². The summed E-state index contributed by atoms with van der Waals surface area (Å²) in [5.74, 6) is 1.06. The average molecular weight is 247 g/mol. The molecule has 2 aliphatic heterocycles. The quantitative estimate of drug-likeness (QED) is 0.846. The van der Waals surface area contributed by atoms with Crippen molar-refractivity contribution in [3.05, 3.63) is 29.8 Å². The highest BCUT2D eigenvalue weighted by molar-refractivity contribution is 5.37. The lowest BCUT2D eigenvalue weighted by Crippen LogP contribution is -2.52. The first-order chi connectivity index (χ1) is 8.86. The maximum absolute atomic E-state index is 6.02. The van der Waals surface area contributed by atoms with Gasteiger partial charge in [0.1, 0.15) is 5.75 Å². The summed E-state index contributed by atoms with van der Waals surface area (Å²) in [7, 11) is 0. The van der Waals surface area contributed by atoms with Crippen LogP contribution in [-0.4, -0.2) is 55.3 Å². The van der Waals surface area contributed by atoms with Crippen molar-refractivity contribution in [3.8, 4) is 5.75 Å². The standard InChI is InChI=1S/C14H21N3O/c15-5-6-16-7-9-17(10-8-16)14-11-12-3-1-2-4-13(12)18-14/h1-4,14H,5-11,15H2. The molecule has 0 aliphatic carbocycles. The van der Waals surface area contributed by atoms with Gasteiger partial charge in [-0.3, -0.25) is 9.80 Å². The van der Waals surface area contributed by atoms with Gasteiger partial charge in [-0.25, -0.2) is 0 Å². The maximum atomic E-state index is 6.02. The minimum atomic E-state index is 0.238. The molecule has 2 N–H and O–H groups in total. The van der Waals surface area contributed by atoms with Crippen LogP contribution in [0.5, 0.6) is 5.75 Å². The van der Waals surface area contributed by atoms with Crippen molar-refractivity contribution in [1.82, 2.24) is 9.80 Å². The van der Waals surface area contributed by atoms with E-state index in [0.717, 1.165) is 51.4 Å². The first-order valence-corrected chi connectivity index (χ1v) is 6.78. The number of ether oxygens (including phenoxy) is 1. The fraction of sp³-hybridized carbons (Fsp3) is 0.571. The Morgan fingerprint density at radius 1 is 1.17 bits per heavy atom. The first-order valence-electron chi connectivity index (χ1n) is 6.78. The SMILES string of the molecule is NCCN1CCN(C2Cc3ccccc3O2)CC1. The predicted molar refractivity (Wildman–Crippen MR) is 71.6 cm³/mol. The van der Waals surface area contributed by atoms with Crippen LogP contribution in [0.2, 0.25) is 0 Å². The number of nitrogens with two attached hydrogens (primary N) is 1. The smallest absolute Gasteiger partial charge is 0.156 e. The van der Waals surface area contributed by atoms with Crippen molar-refractivity contribution in [2.24, 2.45) is 5.73 Å². The second-order valence-corrected chi connectivity index (χ2v) is 5.05. The summed E-state index contributed by atoms with van der Waals surface area (Å²) < 4.78 is 6.02. The third kappa shape index (κ3) is 2.36. The Morgan fingerprint density at radius 3 is 2.67 bits per heavy atom. The molecule has 1 fully saturated rings. The van der Waals surface area contributed by atoms with Crippen LogP contribution in [0.3, 0.4) is 0 Å². The summed E-state index contributed by atoms with van der Waals surface area (Å²) >= 11 is 0. The number of hydrogen-bond donors (Lipinski definition) is 1. The second kappa shape index (κ2) is 5.26. The van der Waals surface area contributed by atoms with Crippen LogP contribution in [-0.2, 0) is 6.42 Å². The van der Waals surface area contributed by atoms with E-state index in [0.29, 0.717) is 0 Å². The predicted octanol–water partition coefficient (Wildman–Crippen LogP) is 0.524. The third-order valence-electron chi connectivity index (χ3n) is 3.89. The Morgan fingerprint density at radius 2 is 1.94 bits per heavy atom. The minimum absolute atomic E-state index is 0.238. The zero-order chi connectivity index (χ0) is 12.4. The van der Waals surface area contributed by atoms with E-state index in [2.05, 4.69) is 28.0 Å². The molecule has 0 radical (unpaired) electrons. The highest BCUT2D eigenvalue weighted by Gasteiger charge is 2.30. The Bertz CT molecular complexity index is 377. The lowest BCUT2D eigenvalue weighted by Gasteiger charge is -2.37. The summed E-state index contributed by atoms with van der Waals surface area (Å²) in [6.45, 7) is 6.14. The van der Waals surface area contributed by atoms with Crippen LogP contribution in [0, 0.1) is 0 Å². The maximum Gasteiger partial charge on any atom is 0.156 e. The van der Waals surface area contributed by atoms with Gasteiger partial charge in [0.25, 0.3) is 0 Å². The van der Waals surface area contributed by atoms with Gasteiger partial charge in [-0.05, 0) is 11.6 Å². The van der Waals surface area contributed by atoms with Gasteiger partial charge in [-0.15, -0.1) is 0 Å². The van der Waals surface area contributed by atoms with E-state index in [9.17, 15) is 0 Å². The topological polar surface area (TPSA) is 41.7 Å². The van der Waals surface area contributed by atoms with E-state index in [1.807, 2.05) is 6.07 Å². The fourth-order valence-corrected chi connectivity index (χ4v) is 2.82. The molecule has 0 spiro atoms. The van der Waals surface area contributed by atoms with Gasteiger partial charge >= 0.3 is 0 Å². The van der Waals surface area contributed by atoms with E-state index in [1.165, 1.54) is 5.56 Å². The number of fused-ring (bicyclic) bond motifs is 1. The van der Waals surface area contributed by atoms with E-state index in [1.54, 1.807) is 0 Å². The first kappa shape index (κ1) is 12.0. The number of piperazine rings is 1. The zero-order valence-electron chi connectivity index (χ0n) is 10.7. The van der Waals surface area contributed by atoms with Crippen LogP contribution in [0.4, 0.5) is 0 Å². The summed E-state index contributed by atoms with van der Waals surface area (Å²) in [6, 6.07) is 8.37. The highest BCUT2D eigenvalue weighted by atomic mass is 16.5. The molecule has 2 heterocycles. The van der Waals surface area contributed by atoms with Crippen molar-refractivity contribution in [1.29, 1.82) is 0 Å². The number of hydrogen-bond acceptors (Lipinski definition) is 4. The molecule has 4 nitrogen and oxygen atoms in total. The molecule has 3 rings (SSSR count). The Hall–Kier alpha value is -1.10. The summed E-state index contributed by atoms with van der Waals surface area (Å²) in [5, 5.41) is 0. The van der Waals surface area contributed by atoms with Gasteiger partial charge in [0.15, 0.2) is 6.23 Å². The van der Waals surface area contributed by atoms with Gasteiger partial charge in [0, 0.05) is 45.7 Å². The Labute approximate surface area is 108 Å². The Kier molecular flexibility index (Phi) is 3.50. The molecule has 2 aliphatic rings. The van der Waals surface area contributed by atoms with E-state index in [-0.39, 0.29) is 6.23 Å².